The Morgan fingerprint density at radius 2 is 0.672 bits per heavy atom. The van der Waals surface area contributed by atoms with Gasteiger partial charge in [-0.3, -0.25) is 0 Å². The lowest BCUT2D eigenvalue weighted by atomic mass is 9.97. The van der Waals surface area contributed by atoms with Crippen molar-refractivity contribution in [3.05, 3.63) is 191 Å². The number of rotatable bonds is 7. The van der Waals surface area contributed by atoms with Crippen LogP contribution in [-0.2, 0) is 0 Å². The van der Waals surface area contributed by atoms with Crippen LogP contribution in [0.4, 0.5) is 34.1 Å². The Bertz CT molecular complexity index is 2960. The van der Waals surface area contributed by atoms with E-state index in [0.717, 1.165) is 0 Å². The average molecular weight is 785 g/mol. The topological polar surface area (TPSA) is 6.48 Å². The molecule has 8 aromatic carbocycles. The fraction of sp³-hybridized carbons (Fsp3) is 0.111. The predicted molar refractivity (Wildman–Crippen MR) is 255 cm³/mol. The van der Waals surface area contributed by atoms with Gasteiger partial charge in [-0.15, -0.1) is 22.7 Å². The van der Waals surface area contributed by atoms with Crippen LogP contribution in [0.3, 0.4) is 0 Å². The van der Waals surface area contributed by atoms with Crippen LogP contribution in [-0.4, -0.2) is 0 Å². The average Bonchev–Trinajstić information content (AvgIpc) is 3.80. The summed E-state index contributed by atoms with van der Waals surface area (Å²) >= 11 is 3.77. The molecule has 0 aliphatic heterocycles. The summed E-state index contributed by atoms with van der Waals surface area (Å²) in [4.78, 5) is 5.01. The maximum absolute atomic E-state index is 2.51. The van der Waals surface area contributed by atoms with Gasteiger partial charge in [0.15, 0.2) is 0 Å². The van der Waals surface area contributed by atoms with Crippen molar-refractivity contribution in [3.63, 3.8) is 0 Å². The summed E-state index contributed by atoms with van der Waals surface area (Å²) in [6.45, 7) is 13.5. The van der Waals surface area contributed by atoms with E-state index < -0.39 is 0 Å². The summed E-state index contributed by atoms with van der Waals surface area (Å²) < 4.78 is 5.24. The zero-order chi connectivity index (χ0) is 39.7. The molecule has 0 atom stereocenters. The zero-order valence-corrected chi connectivity index (χ0v) is 35.4. The van der Waals surface area contributed by atoms with E-state index in [0.29, 0.717) is 0 Å². The first kappa shape index (κ1) is 36.2. The van der Waals surface area contributed by atoms with Crippen molar-refractivity contribution in [2.24, 2.45) is 0 Å². The molecule has 0 bridgehead atoms. The molecule has 0 unspecified atom stereocenters. The van der Waals surface area contributed by atoms with Crippen LogP contribution in [0.5, 0.6) is 0 Å². The predicted octanol–water partition coefficient (Wildman–Crippen LogP) is 16.9. The molecule has 58 heavy (non-hydrogen) atoms. The van der Waals surface area contributed by atoms with E-state index in [9.17, 15) is 0 Å². The van der Waals surface area contributed by atoms with E-state index in [2.05, 4.69) is 209 Å². The van der Waals surface area contributed by atoms with Crippen molar-refractivity contribution in [2.45, 2.75) is 41.5 Å². The van der Waals surface area contributed by atoms with Gasteiger partial charge in [-0.25, -0.2) is 0 Å². The minimum Gasteiger partial charge on any atom is -0.308 e. The molecule has 2 aromatic heterocycles. The molecule has 0 radical (unpaired) electrons. The molecule has 0 aliphatic rings. The van der Waals surface area contributed by atoms with Crippen LogP contribution in [0.25, 0.3) is 51.5 Å². The third-order valence-electron chi connectivity index (χ3n) is 11.8. The second-order valence-electron chi connectivity index (χ2n) is 15.7. The zero-order valence-electron chi connectivity index (χ0n) is 33.7. The molecule has 2 nitrogen and oxygen atoms in total. The van der Waals surface area contributed by atoms with Crippen LogP contribution in [0.2, 0.25) is 0 Å². The lowest BCUT2D eigenvalue weighted by Crippen LogP contribution is -2.14. The first-order chi connectivity index (χ1) is 28.3. The van der Waals surface area contributed by atoms with E-state index >= 15 is 0 Å². The number of aryl methyl sites for hydroxylation is 6. The summed E-state index contributed by atoms with van der Waals surface area (Å²) in [6.07, 6.45) is 0. The van der Waals surface area contributed by atoms with E-state index in [1.807, 2.05) is 22.7 Å². The Morgan fingerprint density at radius 1 is 0.310 bits per heavy atom. The van der Waals surface area contributed by atoms with Crippen LogP contribution in [0.15, 0.2) is 158 Å². The van der Waals surface area contributed by atoms with E-state index in [1.54, 1.807) is 0 Å². The van der Waals surface area contributed by atoms with Gasteiger partial charge in [0.1, 0.15) is 0 Å². The number of fused-ring (bicyclic) bond motifs is 6. The minimum absolute atomic E-state index is 1.19. The third kappa shape index (κ3) is 5.90. The lowest BCUT2D eigenvalue weighted by molar-refractivity contribution is 1.21. The second-order valence-corrected chi connectivity index (χ2v) is 17.8. The monoisotopic (exact) mass is 784 g/mol. The smallest absolute Gasteiger partial charge is 0.0640 e. The highest BCUT2D eigenvalue weighted by Gasteiger charge is 2.24. The number of nitrogens with zero attached hydrogens (tertiary/aromatic N) is 2. The molecule has 0 saturated heterocycles. The molecule has 10 rings (SSSR count). The summed E-state index contributed by atoms with van der Waals surface area (Å²) in [7, 11) is 0. The number of benzene rings is 8. The molecule has 0 saturated carbocycles. The first-order valence-corrected chi connectivity index (χ1v) is 21.6. The van der Waals surface area contributed by atoms with Crippen molar-refractivity contribution >= 4 is 97.1 Å². The number of hydrogen-bond acceptors (Lipinski definition) is 4. The van der Waals surface area contributed by atoms with Gasteiger partial charge in [0.25, 0.3) is 0 Å². The highest BCUT2D eigenvalue weighted by molar-refractivity contribution is 7.26. The van der Waals surface area contributed by atoms with E-state index in [1.165, 1.54) is 119 Å². The Kier molecular flexibility index (Phi) is 8.93. The van der Waals surface area contributed by atoms with Gasteiger partial charge >= 0.3 is 0 Å². The second kappa shape index (κ2) is 14.3. The van der Waals surface area contributed by atoms with Crippen molar-refractivity contribution in [2.75, 3.05) is 9.80 Å². The molecule has 0 N–H and O–H groups in total. The normalized spacial score (nSPS) is 11.6. The van der Waals surface area contributed by atoms with Crippen LogP contribution in [0.1, 0.15) is 33.4 Å². The van der Waals surface area contributed by atoms with Gasteiger partial charge in [-0.1, -0.05) is 109 Å². The van der Waals surface area contributed by atoms with Gasteiger partial charge in [0.05, 0.1) is 32.1 Å². The SMILES string of the molecule is Cc1cc(-c2ccc(N(c3c(C)cccc3C)c3cccc4c3sc3ccccc34)c(C)c2)ccc1N(c1c(C)cccc1C)c1cccc2c1sc1ccccc12. The van der Waals surface area contributed by atoms with Crippen LogP contribution >= 0.6 is 22.7 Å². The van der Waals surface area contributed by atoms with Gasteiger partial charge in [0.2, 0.25) is 0 Å². The Morgan fingerprint density at radius 3 is 1.07 bits per heavy atom. The molecule has 4 heteroatoms. The Hall–Kier alpha value is -6.20. The summed E-state index contributed by atoms with van der Waals surface area (Å²) in [6, 6.07) is 58.4. The van der Waals surface area contributed by atoms with Crippen molar-refractivity contribution in [1.29, 1.82) is 0 Å². The number of hydrogen-bond donors (Lipinski definition) is 0. The lowest BCUT2D eigenvalue weighted by Gasteiger charge is -2.31. The molecular weight excluding hydrogens is 741 g/mol. The standard InChI is InChI=1S/C54H44N2S2/c1-33-15-11-16-34(2)51(33)55(47-23-13-21-43-41-19-7-9-25-49(41)57-53(43)47)45-29-27-39(31-37(45)5)40-28-30-46(38(6)32-40)56(52-35(3)17-12-18-36(52)4)48-24-14-22-44-42-20-8-10-26-50(42)58-54(44)48/h7-32H,1-6H3. The quantitative estimate of drug-likeness (QED) is 0.159. The fourth-order valence-corrected chi connectivity index (χ4v) is 11.5. The summed E-state index contributed by atoms with van der Waals surface area (Å²) in [5.74, 6) is 0. The van der Waals surface area contributed by atoms with Crippen LogP contribution in [0, 0.1) is 41.5 Å². The van der Waals surface area contributed by atoms with Gasteiger partial charge < -0.3 is 9.80 Å². The third-order valence-corrected chi connectivity index (χ3v) is 14.2. The molecule has 0 amide bonds. The van der Waals surface area contributed by atoms with Gasteiger partial charge in [-0.2, -0.15) is 0 Å². The van der Waals surface area contributed by atoms with Gasteiger partial charge in [0, 0.05) is 42.3 Å². The van der Waals surface area contributed by atoms with Crippen molar-refractivity contribution < 1.29 is 0 Å². The van der Waals surface area contributed by atoms with Crippen molar-refractivity contribution in [3.8, 4) is 11.1 Å². The van der Waals surface area contributed by atoms with E-state index in [-0.39, 0.29) is 0 Å². The van der Waals surface area contributed by atoms with E-state index in [4.69, 9.17) is 0 Å². The Balaban J connectivity index is 1.10. The van der Waals surface area contributed by atoms with Crippen LogP contribution < -0.4 is 9.80 Å². The first-order valence-electron chi connectivity index (χ1n) is 20.0. The number of anilines is 6. The van der Waals surface area contributed by atoms with Crippen molar-refractivity contribution in [1.82, 2.24) is 0 Å². The molecule has 0 fully saturated rings. The largest absolute Gasteiger partial charge is 0.308 e. The highest BCUT2D eigenvalue weighted by Crippen LogP contribution is 2.49. The summed E-state index contributed by atoms with van der Waals surface area (Å²) in [5.41, 5.74) is 17.2. The molecule has 282 valence electrons. The highest BCUT2D eigenvalue weighted by atomic mass is 32.1. The molecule has 10 aromatic rings. The van der Waals surface area contributed by atoms with Gasteiger partial charge in [-0.05, 0) is 135 Å². The fourth-order valence-electron chi connectivity index (χ4n) is 9.05. The Labute approximate surface area is 348 Å². The molecular formula is C54H44N2S2. The minimum atomic E-state index is 1.19. The summed E-state index contributed by atoms with van der Waals surface area (Å²) in [5, 5.41) is 5.23. The number of para-hydroxylation sites is 2. The maximum atomic E-state index is 2.51. The maximum Gasteiger partial charge on any atom is 0.0640 e. The number of thiophene rings is 2. The molecule has 0 spiro atoms. The molecule has 2 heterocycles. The molecule has 0 aliphatic carbocycles.